The average Bonchev–Trinajstić information content (AvgIpc) is 2.27. The van der Waals surface area contributed by atoms with Crippen molar-refractivity contribution in [2.45, 2.75) is 6.54 Å². The average molecular weight is 223 g/mol. The van der Waals surface area contributed by atoms with E-state index in [4.69, 9.17) is 5.73 Å². The fourth-order valence-electron chi connectivity index (χ4n) is 1.96. The molecule has 1 heterocycles. The van der Waals surface area contributed by atoms with Gasteiger partial charge >= 0.3 is 0 Å². The molecule has 0 aliphatic carbocycles. The second kappa shape index (κ2) is 4.80. The van der Waals surface area contributed by atoms with Gasteiger partial charge < -0.3 is 10.6 Å². The molecule has 2 N–H and O–H groups in total. The van der Waals surface area contributed by atoms with Crippen molar-refractivity contribution < 1.29 is 4.39 Å². The summed E-state index contributed by atoms with van der Waals surface area (Å²) in [7, 11) is 2.13. The van der Waals surface area contributed by atoms with E-state index < -0.39 is 0 Å². The maximum Gasteiger partial charge on any atom is 0.146 e. The van der Waals surface area contributed by atoms with E-state index >= 15 is 0 Å². The second-order valence-electron chi connectivity index (χ2n) is 4.44. The molecule has 3 nitrogen and oxygen atoms in total. The van der Waals surface area contributed by atoms with Crippen molar-refractivity contribution in [3.63, 3.8) is 0 Å². The van der Waals surface area contributed by atoms with Gasteiger partial charge in [-0.1, -0.05) is 6.07 Å². The molecule has 1 aliphatic rings. The second-order valence-corrected chi connectivity index (χ2v) is 4.44. The van der Waals surface area contributed by atoms with Gasteiger partial charge in [0, 0.05) is 32.7 Å². The minimum Gasteiger partial charge on any atom is -0.396 e. The van der Waals surface area contributed by atoms with Crippen LogP contribution in [0.2, 0.25) is 0 Å². The van der Waals surface area contributed by atoms with Crippen LogP contribution in [0.3, 0.4) is 0 Å². The van der Waals surface area contributed by atoms with Crippen LogP contribution < -0.4 is 5.73 Å². The number of nitrogens with zero attached hydrogens (tertiary/aromatic N) is 2. The van der Waals surface area contributed by atoms with Crippen molar-refractivity contribution in [3.8, 4) is 0 Å². The molecule has 1 aromatic carbocycles. The Kier molecular flexibility index (Phi) is 3.41. The smallest absolute Gasteiger partial charge is 0.146 e. The normalized spacial score (nSPS) is 18.9. The number of nitrogen functional groups attached to an aromatic ring is 1. The summed E-state index contributed by atoms with van der Waals surface area (Å²) >= 11 is 0. The summed E-state index contributed by atoms with van der Waals surface area (Å²) < 4.78 is 13.0. The molecule has 0 aromatic heterocycles. The van der Waals surface area contributed by atoms with Crippen LogP contribution in [0.1, 0.15) is 5.56 Å². The number of rotatable bonds is 2. The molecule has 0 saturated carbocycles. The zero-order valence-electron chi connectivity index (χ0n) is 9.62. The number of benzene rings is 1. The molecule has 0 unspecified atom stereocenters. The fraction of sp³-hybridized carbons (Fsp3) is 0.500. The minimum absolute atomic E-state index is 0.242. The van der Waals surface area contributed by atoms with E-state index in [1.807, 2.05) is 6.07 Å². The van der Waals surface area contributed by atoms with E-state index in [9.17, 15) is 4.39 Å². The Hall–Kier alpha value is -1.13. The lowest BCUT2D eigenvalue weighted by molar-refractivity contribution is 0.148. The number of likely N-dealkylation sites (N-methyl/N-ethyl adjacent to an activating group) is 1. The highest BCUT2D eigenvalue weighted by Gasteiger charge is 2.14. The van der Waals surface area contributed by atoms with Crippen LogP contribution in [0.15, 0.2) is 18.2 Å². The number of hydrogen-bond donors (Lipinski definition) is 1. The highest BCUT2D eigenvalue weighted by molar-refractivity contribution is 5.42. The van der Waals surface area contributed by atoms with Crippen LogP contribution in [-0.4, -0.2) is 43.0 Å². The van der Waals surface area contributed by atoms with Gasteiger partial charge in [-0.05, 0) is 24.7 Å². The quantitative estimate of drug-likeness (QED) is 0.764. The van der Waals surface area contributed by atoms with E-state index in [0.29, 0.717) is 0 Å². The summed E-state index contributed by atoms with van der Waals surface area (Å²) in [4.78, 5) is 4.68. The Morgan fingerprint density at radius 3 is 2.56 bits per heavy atom. The molecule has 0 bridgehead atoms. The Labute approximate surface area is 95.6 Å². The summed E-state index contributed by atoms with van der Waals surface area (Å²) in [6, 6.07) is 4.98. The lowest BCUT2D eigenvalue weighted by atomic mass is 10.1. The number of nitrogens with two attached hydrogens (primary N) is 1. The third-order valence-corrected chi connectivity index (χ3v) is 3.06. The summed E-state index contributed by atoms with van der Waals surface area (Å²) in [5.74, 6) is -0.331. The van der Waals surface area contributed by atoms with E-state index in [2.05, 4.69) is 16.8 Å². The van der Waals surface area contributed by atoms with Crippen molar-refractivity contribution in [1.29, 1.82) is 0 Å². The zero-order valence-corrected chi connectivity index (χ0v) is 9.62. The molecule has 0 atom stereocenters. The highest BCUT2D eigenvalue weighted by Crippen LogP contribution is 2.14. The number of halogens is 1. The van der Waals surface area contributed by atoms with Crippen molar-refractivity contribution >= 4 is 5.69 Å². The molecule has 1 saturated heterocycles. The molecular formula is C12H18FN3. The largest absolute Gasteiger partial charge is 0.396 e. The Balaban J connectivity index is 1.96. The topological polar surface area (TPSA) is 32.5 Å². The first-order valence-corrected chi connectivity index (χ1v) is 5.60. The Morgan fingerprint density at radius 1 is 1.25 bits per heavy atom. The molecule has 0 spiro atoms. The zero-order chi connectivity index (χ0) is 11.5. The standard InChI is InChI=1S/C12H18FN3/c1-15-4-6-16(7-5-15)9-10-2-3-11(13)12(14)8-10/h2-3,8H,4-7,9,14H2,1H3. The molecular weight excluding hydrogens is 205 g/mol. The molecule has 16 heavy (non-hydrogen) atoms. The van der Waals surface area contributed by atoms with Crippen LogP contribution in [0.25, 0.3) is 0 Å². The summed E-state index contributed by atoms with van der Waals surface area (Å²) in [5, 5.41) is 0. The molecule has 1 aliphatic heterocycles. The summed E-state index contributed by atoms with van der Waals surface area (Å²) in [5.41, 5.74) is 6.87. The number of piperazine rings is 1. The number of hydrogen-bond acceptors (Lipinski definition) is 3. The van der Waals surface area contributed by atoms with Gasteiger partial charge in [-0.15, -0.1) is 0 Å². The first-order chi connectivity index (χ1) is 7.65. The first-order valence-electron chi connectivity index (χ1n) is 5.60. The predicted molar refractivity (Wildman–Crippen MR) is 63.6 cm³/mol. The van der Waals surface area contributed by atoms with Gasteiger partial charge in [-0.2, -0.15) is 0 Å². The lowest BCUT2D eigenvalue weighted by Gasteiger charge is -2.32. The highest BCUT2D eigenvalue weighted by atomic mass is 19.1. The van der Waals surface area contributed by atoms with Crippen LogP contribution >= 0.6 is 0 Å². The van der Waals surface area contributed by atoms with E-state index in [0.717, 1.165) is 38.3 Å². The van der Waals surface area contributed by atoms with E-state index in [-0.39, 0.29) is 11.5 Å². The third-order valence-electron chi connectivity index (χ3n) is 3.06. The van der Waals surface area contributed by atoms with Gasteiger partial charge in [0.2, 0.25) is 0 Å². The fourth-order valence-corrected chi connectivity index (χ4v) is 1.96. The van der Waals surface area contributed by atoms with Crippen molar-refractivity contribution in [2.24, 2.45) is 0 Å². The van der Waals surface area contributed by atoms with Crippen LogP contribution in [0, 0.1) is 5.82 Å². The Morgan fingerprint density at radius 2 is 1.94 bits per heavy atom. The molecule has 1 fully saturated rings. The molecule has 88 valence electrons. The molecule has 1 aromatic rings. The molecule has 0 radical (unpaired) electrons. The first kappa shape index (κ1) is 11.4. The van der Waals surface area contributed by atoms with E-state index in [1.165, 1.54) is 6.07 Å². The van der Waals surface area contributed by atoms with Crippen LogP contribution in [0.4, 0.5) is 10.1 Å². The van der Waals surface area contributed by atoms with Crippen molar-refractivity contribution in [3.05, 3.63) is 29.6 Å². The maximum absolute atomic E-state index is 13.0. The van der Waals surface area contributed by atoms with Gasteiger partial charge in [-0.25, -0.2) is 4.39 Å². The molecule has 2 rings (SSSR count). The van der Waals surface area contributed by atoms with Crippen molar-refractivity contribution in [1.82, 2.24) is 9.80 Å². The van der Waals surface area contributed by atoms with Crippen molar-refractivity contribution in [2.75, 3.05) is 39.0 Å². The third kappa shape index (κ3) is 2.71. The van der Waals surface area contributed by atoms with Crippen LogP contribution in [0.5, 0.6) is 0 Å². The minimum atomic E-state index is -0.331. The molecule has 4 heteroatoms. The predicted octanol–water partition coefficient (Wildman–Crippen LogP) is 1.16. The Bertz CT molecular complexity index is 359. The van der Waals surface area contributed by atoms with Gasteiger partial charge in [0.05, 0.1) is 5.69 Å². The van der Waals surface area contributed by atoms with Gasteiger partial charge in [-0.3, -0.25) is 4.90 Å². The van der Waals surface area contributed by atoms with E-state index in [1.54, 1.807) is 6.07 Å². The lowest BCUT2D eigenvalue weighted by Crippen LogP contribution is -2.43. The monoisotopic (exact) mass is 223 g/mol. The van der Waals surface area contributed by atoms with Gasteiger partial charge in [0.1, 0.15) is 5.82 Å². The molecule has 0 amide bonds. The van der Waals surface area contributed by atoms with Gasteiger partial charge in [0.15, 0.2) is 0 Å². The summed E-state index contributed by atoms with van der Waals surface area (Å²) in [6.45, 7) is 5.17. The number of anilines is 1. The maximum atomic E-state index is 13.0. The summed E-state index contributed by atoms with van der Waals surface area (Å²) in [6.07, 6.45) is 0. The SMILES string of the molecule is CN1CCN(Cc2ccc(F)c(N)c2)CC1. The van der Waals surface area contributed by atoms with Gasteiger partial charge in [0.25, 0.3) is 0 Å². The van der Waals surface area contributed by atoms with Crippen LogP contribution in [-0.2, 0) is 6.54 Å².